The molecule has 12 aromatic rings. The van der Waals surface area contributed by atoms with Gasteiger partial charge >= 0.3 is 47.5 Å². The quantitative estimate of drug-likeness (QED) is 0.0155. The number of carbonyl (C=O) groups excluding carboxylic acids is 12. The zero-order chi connectivity index (χ0) is 105. The van der Waals surface area contributed by atoms with Crippen molar-refractivity contribution in [2.45, 2.75) is 86.5 Å². The molecule has 0 spiro atoms. The van der Waals surface area contributed by atoms with Gasteiger partial charge < -0.3 is 63.4 Å². The maximum absolute atomic E-state index is 13.3. The van der Waals surface area contributed by atoms with Crippen molar-refractivity contribution in [2.24, 2.45) is 0 Å². The molecule has 8 heterocycles. The van der Waals surface area contributed by atoms with Crippen LogP contribution in [0.3, 0.4) is 0 Å². The molecule has 4 atom stereocenters. The minimum absolute atomic E-state index is 0.0786. The van der Waals surface area contributed by atoms with Gasteiger partial charge in [-0.25, -0.2) is 39.1 Å². The van der Waals surface area contributed by atoms with Crippen molar-refractivity contribution >= 4 is 229 Å². The number of rotatable bonds is 20. The molecule has 0 aliphatic carbocycles. The maximum atomic E-state index is 13.3. The highest BCUT2D eigenvalue weighted by atomic mass is 79.9. The highest BCUT2D eigenvalue weighted by molar-refractivity contribution is 9.11. The molecule has 0 saturated carbocycles. The van der Waals surface area contributed by atoms with Gasteiger partial charge in [0.1, 0.15) is 65.5 Å². The van der Waals surface area contributed by atoms with Crippen LogP contribution in [0, 0.1) is 55.4 Å². The van der Waals surface area contributed by atoms with Gasteiger partial charge in [0.2, 0.25) is 0 Å². The number of halogens is 4. The number of thiazole rings is 4. The number of aromatic nitrogens is 4. The number of esters is 4. The normalized spacial score (nSPS) is 16.8. The van der Waals surface area contributed by atoms with Crippen LogP contribution in [0.1, 0.15) is 159 Å². The molecular weight excluding hydrogens is 2200 g/mol. The second kappa shape index (κ2) is 46.2. The number of benzene rings is 8. The third-order valence-electron chi connectivity index (χ3n) is 22.6. The van der Waals surface area contributed by atoms with E-state index in [1.807, 2.05) is 52.0 Å². The Kier molecular flexibility index (Phi) is 34.8. The first-order valence-electron chi connectivity index (χ1n) is 42.7. The molecule has 4 aromatic heterocycles. The van der Waals surface area contributed by atoms with E-state index >= 15 is 0 Å². The average Bonchev–Trinajstić information content (AvgIpc) is 1.60. The van der Waals surface area contributed by atoms with Crippen LogP contribution in [0.15, 0.2) is 210 Å². The molecule has 0 radical (unpaired) electrons. The van der Waals surface area contributed by atoms with Crippen LogP contribution < -0.4 is 38.5 Å². The summed E-state index contributed by atoms with van der Waals surface area (Å²) in [6.45, 7) is 14.8. The van der Waals surface area contributed by atoms with Crippen LogP contribution in [0.5, 0.6) is 23.0 Å². The number of aliphatic carboxylic acids is 1. The van der Waals surface area contributed by atoms with Gasteiger partial charge in [-0.3, -0.25) is 62.8 Å². The van der Waals surface area contributed by atoms with Crippen molar-refractivity contribution in [3.05, 3.63) is 319 Å². The van der Waals surface area contributed by atoms with Gasteiger partial charge in [-0.1, -0.05) is 158 Å². The second-order valence-corrected chi connectivity index (χ2v) is 39.3. The van der Waals surface area contributed by atoms with Crippen LogP contribution >= 0.6 is 109 Å². The SMILES string of the molecule is CC(=O)O.COC(=O)c1sc(N2C(=O)C(=O)/C(=C(/O)c3ccc(OC)c(C)c3)C2c2cccc(Br)c2)nc1C.COC(=O)c1sc(N2C(=O)C(=O)/C(=C(/O)c3ccc(OC)c(C)c3)C2c2cccc(Br)c2)nc1C.COC(=O)c1sc(N2C(=O)C(=O)/C(=C(/O)c3ccc(OC)c(C)c3)C2c2cccc(Br)c2)nc1C.COC(=O)c1sc(N2C(=O)C(=O)/C(=C(/O)c3ccc(OC)c(C)c3)C2c2cccc(Br)c2)nc1C. The Bertz CT molecular complexity index is 6550. The van der Waals surface area contributed by atoms with Crippen LogP contribution in [0.2, 0.25) is 0 Å². The molecular formula is C102H88Br4N8O26S4. The minimum Gasteiger partial charge on any atom is -0.507 e. The molecule has 8 aromatic carbocycles. The lowest BCUT2D eigenvalue weighted by molar-refractivity contribution is -0.134. The fraction of sp³-hybridized carbons (Fsp3) is 0.206. The average molecular weight is 2290 g/mol. The number of hydrogen-bond donors (Lipinski definition) is 5. The number of anilines is 4. The number of hydrogen-bond acceptors (Lipinski definition) is 33. The molecule has 42 heteroatoms. The van der Waals surface area contributed by atoms with E-state index in [0.29, 0.717) is 90.3 Å². The van der Waals surface area contributed by atoms with Crippen molar-refractivity contribution in [1.29, 1.82) is 0 Å². The van der Waals surface area contributed by atoms with Crippen LogP contribution in [-0.4, -0.2) is 179 Å². The van der Waals surface area contributed by atoms with Gasteiger partial charge in [0, 0.05) is 47.1 Å². The first-order chi connectivity index (χ1) is 68.4. The van der Waals surface area contributed by atoms with E-state index in [1.165, 1.54) is 48.0 Å². The monoisotopic (exact) mass is 2280 g/mol. The molecule has 5 N–H and O–H groups in total. The minimum atomic E-state index is -0.967. The predicted octanol–water partition coefficient (Wildman–Crippen LogP) is 19.9. The van der Waals surface area contributed by atoms with Gasteiger partial charge in [-0.15, -0.1) is 0 Å². The number of aliphatic hydroxyl groups is 4. The van der Waals surface area contributed by atoms with E-state index in [-0.39, 0.29) is 85.4 Å². The summed E-state index contributed by atoms with van der Waals surface area (Å²) in [5, 5.41) is 53.2. The summed E-state index contributed by atoms with van der Waals surface area (Å²) in [4.78, 5) is 187. The van der Waals surface area contributed by atoms with E-state index in [2.05, 4.69) is 83.7 Å². The highest BCUT2D eigenvalue weighted by Crippen LogP contribution is 2.51. The summed E-state index contributed by atoms with van der Waals surface area (Å²) in [7, 11) is 11.2. The van der Waals surface area contributed by atoms with Crippen molar-refractivity contribution in [3.63, 3.8) is 0 Å². The molecule has 4 fully saturated rings. The number of nitrogens with zero attached hydrogens (tertiary/aromatic N) is 8. The Morgan fingerprint density at radius 2 is 0.472 bits per heavy atom. The zero-order valence-electron chi connectivity index (χ0n) is 79.5. The van der Waals surface area contributed by atoms with E-state index in [9.17, 15) is 78.0 Å². The molecule has 16 rings (SSSR count). The zero-order valence-corrected chi connectivity index (χ0v) is 89.1. The van der Waals surface area contributed by atoms with E-state index in [4.69, 9.17) is 47.8 Å². The predicted molar refractivity (Wildman–Crippen MR) is 553 cm³/mol. The molecule has 4 amide bonds. The summed E-state index contributed by atoms with van der Waals surface area (Å²) in [6.07, 6.45) is 0. The number of ether oxygens (including phenoxy) is 8. The van der Waals surface area contributed by atoms with E-state index in [1.54, 1.807) is 202 Å². The van der Waals surface area contributed by atoms with Gasteiger partial charge in [-0.2, -0.15) is 0 Å². The number of Topliss-reactive ketones (excluding diaryl/α,β-unsaturated/α-hetero) is 4. The summed E-state index contributed by atoms with van der Waals surface area (Å²) < 4.78 is 43.3. The van der Waals surface area contributed by atoms with E-state index < -0.39 is 101 Å². The van der Waals surface area contributed by atoms with Crippen LogP contribution in [-0.2, 0) is 62.1 Å². The molecule has 0 bridgehead atoms. The molecule has 744 valence electrons. The lowest BCUT2D eigenvalue weighted by Gasteiger charge is -2.23. The molecule has 4 aliphatic rings. The lowest BCUT2D eigenvalue weighted by Crippen LogP contribution is -2.29. The van der Waals surface area contributed by atoms with Crippen molar-refractivity contribution < 1.29 is 126 Å². The number of amides is 4. The van der Waals surface area contributed by atoms with Crippen LogP contribution in [0.4, 0.5) is 20.5 Å². The second-order valence-electron chi connectivity index (χ2n) is 31.8. The summed E-state index contributed by atoms with van der Waals surface area (Å²) in [6, 6.07) is 44.4. The molecule has 4 saturated heterocycles. The number of carboxylic acids is 1. The number of ketones is 4. The fourth-order valence-electron chi connectivity index (χ4n) is 15.9. The number of carbonyl (C=O) groups is 13. The summed E-state index contributed by atoms with van der Waals surface area (Å²) in [5.41, 5.74) is 7.98. The van der Waals surface area contributed by atoms with Gasteiger partial charge in [-0.05, 0) is 221 Å². The van der Waals surface area contributed by atoms with Gasteiger partial charge in [0.05, 0.1) is 126 Å². The number of aliphatic hydroxyl groups excluding tert-OH is 4. The van der Waals surface area contributed by atoms with Crippen molar-refractivity contribution in [1.82, 2.24) is 19.9 Å². The molecule has 4 unspecified atom stereocenters. The number of methoxy groups -OCH3 is 8. The first-order valence-corrected chi connectivity index (χ1v) is 49.2. The van der Waals surface area contributed by atoms with Crippen molar-refractivity contribution in [3.8, 4) is 23.0 Å². The largest absolute Gasteiger partial charge is 0.507 e. The van der Waals surface area contributed by atoms with Gasteiger partial charge in [0.25, 0.3) is 29.1 Å². The lowest BCUT2D eigenvalue weighted by atomic mass is 9.95. The van der Waals surface area contributed by atoms with Gasteiger partial charge in [0.15, 0.2) is 20.5 Å². The number of carboxylic acid groups (broad SMARTS) is 1. The first kappa shape index (κ1) is 108. The highest BCUT2D eigenvalue weighted by Gasteiger charge is 2.53. The smallest absolute Gasteiger partial charge is 0.350 e. The van der Waals surface area contributed by atoms with Crippen LogP contribution in [0.25, 0.3) is 23.0 Å². The third-order valence-corrected chi connectivity index (χ3v) is 29.1. The topological polar surface area (TPSA) is 461 Å². The standard InChI is InChI=1S/4C25H21BrN2O6S.C2H4O2/c4*1-12-10-15(8-9-17(12)33-3)20(29)18-19(14-6-5-7-16(26)11-14)28(23(31)21(18)30)25-27-13(2)22(35-25)24(32)34-4;1-2(3)4/h4*5-11,19,29H,1-4H3;1H3,(H,3,4)/b4*20-18+;. The third kappa shape index (κ3) is 22.4. The Hall–Kier alpha value is -14.5. The number of aryl methyl sites for hydroxylation is 8. The van der Waals surface area contributed by atoms with Crippen molar-refractivity contribution in [2.75, 3.05) is 76.5 Å². The molecule has 34 nitrogen and oxygen atoms in total. The maximum Gasteiger partial charge on any atom is 0.350 e. The Morgan fingerprint density at radius 3 is 0.625 bits per heavy atom. The Balaban J connectivity index is 0.000000169. The summed E-state index contributed by atoms with van der Waals surface area (Å²) in [5.74, 6) is -8.78. The van der Waals surface area contributed by atoms with E-state index in [0.717, 1.165) is 92.4 Å². The molecule has 144 heavy (non-hydrogen) atoms. The fourth-order valence-corrected chi connectivity index (χ4v) is 21.6. The molecule has 4 aliphatic heterocycles. The summed E-state index contributed by atoms with van der Waals surface area (Å²) >= 11 is 17.5. The Labute approximate surface area is 873 Å². The Morgan fingerprint density at radius 1 is 0.292 bits per heavy atom.